The minimum atomic E-state index is -4.35. The van der Waals surface area contributed by atoms with Crippen LogP contribution in [0.3, 0.4) is 0 Å². The molecule has 1 N–H and O–H groups in total. The standard InChI is InChI=1S/C23H23ClF3N3O2/c1-15-21(16(2)30(29-15)12-19-5-3-4-6-20(19)24)22(31)28-11-17-7-9-18(10-8-17)13-32-14-23(25,26)27/h3-10H,11-14H2,1-2H3,(H,28,31). The molecule has 3 aromatic rings. The van der Waals surface area contributed by atoms with Gasteiger partial charge in [-0.05, 0) is 36.6 Å². The van der Waals surface area contributed by atoms with E-state index in [0.717, 1.165) is 16.8 Å². The molecule has 0 aliphatic rings. The maximum atomic E-state index is 12.8. The summed E-state index contributed by atoms with van der Waals surface area (Å²) in [7, 11) is 0. The van der Waals surface area contributed by atoms with E-state index >= 15 is 0 Å². The van der Waals surface area contributed by atoms with Crippen LogP contribution in [0.5, 0.6) is 0 Å². The zero-order valence-electron chi connectivity index (χ0n) is 17.7. The van der Waals surface area contributed by atoms with Gasteiger partial charge < -0.3 is 10.1 Å². The zero-order chi connectivity index (χ0) is 23.3. The van der Waals surface area contributed by atoms with Crippen LogP contribution < -0.4 is 5.32 Å². The fourth-order valence-corrected chi connectivity index (χ4v) is 3.47. The average molecular weight is 466 g/mol. The molecule has 5 nitrogen and oxygen atoms in total. The fraction of sp³-hybridized carbons (Fsp3) is 0.304. The van der Waals surface area contributed by atoms with Crippen LogP contribution in [0, 0.1) is 13.8 Å². The van der Waals surface area contributed by atoms with Crippen molar-refractivity contribution in [2.45, 2.75) is 39.7 Å². The second-order valence-corrected chi connectivity index (χ2v) is 7.81. The molecule has 0 unspecified atom stereocenters. The van der Waals surface area contributed by atoms with Crippen molar-refractivity contribution >= 4 is 17.5 Å². The molecule has 0 aliphatic carbocycles. The molecule has 0 bridgehead atoms. The van der Waals surface area contributed by atoms with Gasteiger partial charge in [0.05, 0.1) is 24.4 Å². The van der Waals surface area contributed by atoms with E-state index in [1.807, 2.05) is 31.2 Å². The van der Waals surface area contributed by atoms with Crippen molar-refractivity contribution < 1.29 is 22.7 Å². The van der Waals surface area contributed by atoms with E-state index in [0.29, 0.717) is 28.4 Å². The summed E-state index contributed by atoms with van der Waals surface area (Å²) in [6, 6.07) is 14.3. The lowest BCUT2D eigenvalue weighted by atomic mass is 10.1. The SMILES string of the molecule is Cc1nn(Cc2ccccc2Cl)c(C)c1C(=O)NCc1ccc(COCC(F)(F)F)cc1. The number of rotatable bonds is 8. The van der Waals surface area contributed by atoms with Gasteiger partial charge in [-0.2, -0.15) is 18.3 Å². The number of benzene rings is 2. The number of aromatic nitrogens is 2. The lowest BCUT2D eigenvalue weighted by Crippen LogP contribution is -2.24. The summed E-state index contributed by atoms with van der Waals surface area (Å²) in [6.07, 6.45) is -4.35. The Morgan fingerprint density at radius 1 is 1.09 bits per heavy atom. The molecule has 1 aromatic heterocycles. The molecule has 0 atom stereocenters. The van der Waals surface area contributed by atoms with Crippen LogP contribution in [0.15, 0.2) is 48.5 Å². The number of amides is 1. The summed E-state index contributed by atoms with van der Waals surface area (Å²) < 4.78 is 42.8. The maximum absolute atomic E-state index is 12.8. The maximum Gasteiger partial charge on any atom is 0.411 e. The third-order valence-electron chi connectivity index (χ3n) is 4.90. The van der Waals surface area contributed by atoms with Gasteiger partial charge in [-0.25, -0.2) is 0 Å². The molecule has 32 heavy (non-hydrogen) atoms. The topological polar surface area (TPSA) is 56.2 Å². The molecule has 170 valence electrons. The van der Waals surface area contributed by atoms with Crippen molar-refractivity contribution in [3.05, 3.63) is 87.2 Å². The molecule has 0 saturated carbocycles. The molecule has 1 heterocycles. The smallest absolute Gasteiger partial charge is 0.367 e. The monoisotopic (exact) mass is 465 g/mol. The Morgan fingerprint density at radius 3 is 2.41 bits per heavy atom. The number of ether oxygens (including phenoxy) is 1. The number of aryl methyl sites for hydroxylation is 1. The lowest BCUT2D eigenvalue weighted by molar-refractivity contribution is -0.176. The third kappa shape index (κ3) is 6.34. The largest absolute Gasteiger partial charge is 0.411 e. The van der Waals surface area contributed by atoms with E-state index in [9.17, 15) is 18.0 Å². The predicted octanol–water partition coefficient (Wildman–Crippen LogP) is 5.21. The van der Waals surface area contributed by atoms with Gasteiger partial charge in [-0.1, -0.05) is 54.1 Å². The van der Waals surface area contributed by atoms with Crippen LogP contribution in [0.2, 0.25) is 5.02 Å². The van der Waals surface area contributed by atoms with Crippen molar-refractivity contribution in [3.63, 3.8) is 0 Å². The van der Waals surface area contributed by atoms with Crippen LogP contribution in [-0.4, -0.2) is 28.5 Å². The summed E-state index contributed by atoms with van der Waals surface area (Å²) in [5.74, 6) is -0.247. The van der Waals surface area contributed by atoms with Gasteiger partial charge in [0.15, 0.2) is 0 Å². The van der Waals surface area contributed by atoms with Gasteiger partial charge in [0.1, 0.15) is 6.61 Å². The highest BCUT2D eigenvalue weighted by Crippen LogP contribution is 2.20. The quantitative estimate of drug-likeness (QED) is 0.497. The minimum absolute atomic E-state index is 0.130. The highest BCUT2D eigenvalue weighted by Gasteiger charge is 2.27. The molecule has 0 fully saturated rings. The number of nitrogens with zero attached hydrogens (tertiary/aromatic N) is 2. The molecule has 0 aliphatic heterocycles. The molecule has 2 aromatic carbocycles. The number of hydrogen-bond acceptors (Lipinski definition) is 3. The van der Waals surface area contributed by atoms with Crippen molar-refractivity contribution in [2.75, 3.05) is 6.61 Å². The van der Waals surface area contributed by atoms with Gasteiger partial charge >= 0.3 is 6.18 Å². The Hall–Kier alpha value is -2.84. The minimum Gasteiger partial charge on any atom is -0.367 e. The molecular formula is C23H23ClF3N3O2. The van der Waals surface area contributed by atoms with Crippen LogP contribution in [-0.2, 0) is 24.4 Å². The van der Waals surface area contributed by atoms with E-state index in [1.54, 1.807) is 35.9 Å². The summed E-state index contributed by atoms with van der Waals surface area (Å²) in [4.78, 5) is 12.8. The molecule has 0 radical (unpaired) electrons. The van der Waals surface area contributed by atoms with Crippen molar-refractivity contribution in [2.24, 2.45) is 0 Å². The van der Waals surface area contributed by atoms with Crippen molar-refractivity contribution in [1.29, 1.82) is 0 Å². The van der Waals surface area contributed by atoms with Gasteiger partial charge in [0.25, 0.3) is 5.91 Å². The predicted molar refractivity (Wildman–Crippen MR) is 116 cm³/mol. The van der Waals surface area contributed by atoms with Crippen molar-refractivity contribution in [3.8, 4) is 0 Å². The summed E-state index contributed by atoms with van der Waals surface area (Å²) in [5, 5.41) is 7.99. The summed E-state index contributed by atoms with van der Waals surface area (Å²) in [5.41, 5.74) is 4.20. The highest BCUT2D eigenvalue weighted by molar-refractivity contribution is 6.31. The number of alkyl halides is 3. The molecule has 0 spiro atoms. The van der Waals surface area contributed by atoms with Gasteiger partial charge in [0.2, 0.25) is 0 Å². The molecule has 3 rings (SSSR count). The number of carbonyl (C=O) groups is 1. The Bertz CT molecular complexity index is 1080. The highest BCUT2D eigenvalue weighted by atomic mass is 35.5. The number of nitrogens with one attached hydrogen (secondary N) is 1. The van der Waals surface area contributed by atoms with E-state index < -0.39 is 12.8 Å². The summed E-state index contributed by atoms with van der Waals surface area (Å²) >= 11 is 6.23. The first-order valence-corrected chi connectivity index (χ1v) is 10.3. The second kappa shape index (κ2) is 10.2. The Labute approximate surface area is 189 Å². The number of hydrogen-bond donors (Lipinski definition) is 1. The summed E-state index contributed by atoms with van der Waals surface area (Å²) in [6.45, 7) is 2.93. The fourth-order valence-electron chi connectivity index (χ4n) is 3.28. The Balaban J connectivity index is 1.59. The van der Waals surface area contributed by atoms with Gasteiger partial charge in [-0.3, -0.25) is 9.48 Å². The van der Waals surface area contributed by atoms with Crippen LogP contribution >= 0.6 is 11.6 Å². The first kappa shape index (κ1) is 23.8. The molecule has 9 heteroatoms. The third-order valence-corrected chi connectivity index (χ3v) is 5.27. The lowest BCUT2D eigenvalue weighted by Gasteiger charge is -2.09. The van der Waals surface area contributed by atoms with Crippen LogP contribution in [0.4, 0.5) is 13.2 Å². The molecular weight excluding hydrogens is 443 g/mol. The van der Waals surface area contributed by atoms with E-state index in [4.69, 9.17) is 11.6 Å². The average Bonchev–Trinajstić information content (AvgIpc) is 3.01. The van der Waals surface area contributed by atoms with E-state index in [2.05, 4.69) is 15.2 Å². The number of halogens is 4. The Kier molecular flexibility index (Phi) is 7.58. The molecule has 0 saturated heterocycles. The van der Waals surface area contributed by atoms with Crippen molar-refractivity contribution in [1.82, 2.24) is 15.1 Å². The second-order valence-electron chi connectivity index (χ2n) is 7.40. The Morgan fingerprint density at radius 2 is 1.75 bits per heavy atom. The van der Waals surface area contributed by atoms with Crippen LogP contribution in [0.1, 0.15) is 38.4 Å². The normalized spacial score (nSPS) is 11.6. The van der Waals surface area contributed by atoms with Gasteiger partial charge in [-0.15, -0.1) is 0 Å². The van der Waals surface area contributed by atoms with Gasteiger partial charge in [0, 0.05) is 17.3 Å². The van der Waals surface area contributed by atoms with Crippen LogP contribution in [0.25, 0.3) is 0 Å². The number of carbonyl (C=O) groups excluding carboxylic acids is 1. The first-order valence-electron chi connectivity index (χ1n) is 9.92. The first-order chi connectivity index (χ1) is 15.1. The van der Waals surface area contributed by atoms with E-state index in [1.165, 1.54) is 0 Å². The zero-order valence-corrected chi connectivity index (χ0v) is 18.4. The van der Waals surface area contributed by atoms with E-state index in [-0.39, 0.29) is 19.1 Å². The molecule has 1 amide bonds.